The first-order chi connectivity index (χ1) is 9.22. The highest BCUT2D eigenvalue weighted by molar-refractivity contribution is 5.57. The Morgan fingerprint density at radius 1 is 1.37 bits per heavy atom. The van der Waals surface area contributed by atoms with Gasteiger partial charge in [0.05, 0.1) is 0 Å². The van der Waals surface area contributed by atoms with Crippen LogP contribution in [-0.4, -0.2) is 34.1 Å². The quantitative estimate of drug-likeness (QED) is 0.878. The first-order valence-corrected chi connectivity index (χ1v) is 6.49. The summed E-state index contributed by atoms with van der Waals surface area (Å²) in [6, 6.07) is 6.13. The number of aromatic nitrogens is 3. The van der Waals surface area contributed by atoms with Crippen molar-refractivity contribution in [3.63, 3.8) is 0 Å². The van der Waals surface area contributed by atoms with Crippen LogP contribution in [0, 0.1) is 6.92 Å². The molecule has 0 aromatic carbocycles. The standard InChI is InChI=1S/C14H17N5/c1-10-7-13(19-6-4-12(15)9-19)18-14(17-10)11-3-2-5-16-8-11/h2-3,5,7-8,12H,4,6,9,15H2,1H3. The van der Waals surface area contributed by atoms with Crippen molar-refractivity contribution in [3.8, 4) is 11.4 Å². The maximum atomic E-state index is 5.95. The molecule has 0 radical (unpaired) electrons. The molecule has 1 saturated heterocycles. The average molecular weight is 255 g/mol. The van der Waals surface area contributed by atoms with Crippen LogP contribution in [0.3, 0.4) is 0 Å². The second-order valence-electron chi connectivity index (χ2n) is 4.93. The Labute approximate surface area is 112 Å². The van der Waals surface area contributed by atoms with Crippen molar-refractivity contribution >= 4 is 5.82 Å². The smallest absolute Gasteiger partial charge is 0.163 e. The monoisotopic (exact) mass is 255 g/mol. The van der Waals surface area contributed by atoms with Gasteiger partial charge in [0.15, 0.2) is 5.82 Å². The highest BCUT2D eigenvalue weighted by Gasteiger charge is 2.21. The van der Waals surface area contributed by atoms with Crippen LogP contribution in [0.15, 0.2) is 30.6 Å². The molecule has 0 saturated carbocycles. The van der Waals surface area contributed by atoms with Gasteiger partial charge in [0, 0.05) is 48.8 Å². The maximum Gasteiger partial charge on any atom is 0.163 e. The summed E-state index contributed by atoms with van der Waals surface area (Å²) in [5.41, 5.74) is 7.86. The minimum absolute atomic E-state index is 0.247. The first-order valence-electron chi connectivity index (χ1n) is 6.49. The fourth-order valence-corrected chi connectivity index (χ4v) is 2.33. The third-order valence-corrected chi connectivity index (χ3v) is 3.31. The molecule has 0 bridgehead atoms. The number of aryl methyl sites for hydroxylation is 1. The number of rotatable bonds is 2. The lowest BCUT2D eigenvalue weighted by Crippen LogP contribution is -2.27. The zero-order valence-electron chi connectivity index (χ0n) is 11.0. The number of nitrogens with two attached hydrogens (primary N) is 1. The van der Waals surface area contributed by atoms with Crippen LogP contribution >= 0.6 is 0 Å². The third-order valence-electron chi connectivity index (χ3n) is 3.31. The molecule has 1 atom stereocenters. The van der Waals surface area contributed by atoms with Crippen LogP contribution in [0.2, 0.25) is 0 Å². The molecule has 2 aromatic rings. The Balaban J connectivity index is 1.97. The molecule has 19 heavy (non-hydrogen) atoms. The van der Waals surface area contributed by atoms with Crippen LogP contribution in [-0.2, 0) is 0 Å². The summed E-state index contributed by atoms with van der Waals surface area (Å²) in [6.45, 7) is 3.81. The van der Waals surface area contributed by atoms with Gasteiger partial charge in [-0.2, -0.15) is 0 Å². The highest BCUT2D eigenvalue weighted by atomic mass is 15.2. The van der Waals surface area contributed by atoms with Gasteiger partial charge in [0.1, 0.15) is 5.82 Å². The minimum atomic E-state index is 0.247. The van der Waals surface area contributed by atoms with Crippen molar-refractivity contribution < 1.29 is 0 Å². The summed E-state index contributed by atoms with van der Waals surface area (Å²) < 4.78 is 0. The minimum Gasteiger partial charge on any atom is -0.355 e. The number of nitrogens with zero attached hydrogens (tertiary/aromatic N) is 4. The lowest BCUT2D eigenvalue weighted by molar-refractivity contribution is 0.751. The molecule has 1 unspecified atom stereocenters. The molecule has 0 aliphatic carbocycles. The van der Waals surface area contributed by atoms with E-state index < -0.39 is 0 Å². The molecular formula is C14H17N5. The first kappa shape index (κ1) is 12.0. The van der Waals surface area contributed by atoms with E-state index in [1.165, 1.54) is 0 Å². The Hall–Kier alpha value is -2.01. The summed E-state index contributed by atoms with van der Waals surface area (Å²) in [7, 11) is 0. The van der Waals surface area contributed by atoms with E-state index in [-0.39, 0.29) is 6.04 Å². The third kappa shape index (κ3) is 2.56. The molecule has 1 fully saturated rings. The zero-order valence-corrected chi connectivity index (χ0v) is 11.0. The summed E-state index contributed by atoms with van der Waals surface area (Å²) in [5, 5.41) is 0. The number of anilines is 1. The van der Waals surface area contributed by atoms with Gasteiger partial charge >= 0.3 is 0 Å². The van der Waals surface area contributed by atoms with Crippen molar-refractivity contribution in [1.29, 1.82) is 0 Å². The molecule has 1 aliphatic heterocycles. The van der Waals surface area contributed by atoms with Crippen LogP contribution in [0.1, 0.15) is 12.1 Å². The number of hydrogen-bond acceptors (Lipinski definition) is 5. The van der Waals surface area contributed by atoms with Crippen LogP contribution < -0.4 is 10.6 Å². The molecule has 5 nitrogen and oxygen atoms in total. The molecule has 1 aliphatic rings. The number of hydrogen-bond donors (Lipinski definition) is 1. The average Bonchev–Trinajstić information content (AvgIpc) is 2.86. The van der Waals surface area contributed by atoms with Crippen molar-refractivity contribution in [1.82, 2.24) is 15.0 Å². The Morgan fingerprint density at radius 2 is 2.26 bits per heavy atom. The Kier molecular flexibility index (Phi) is 3.13. The zero-order chi connectivity index (χ0) is 13.2. The molecule has 5 heteroatoms. The van der Waals surface area contributed by atoms with Gasteiger partial charge in [0.2, 0.25) is 0 Å². The van der Waals surface area contributed by atoms with Gasteiger partial charge in [0.25, 0.3) is 0 Å². The summed E-state index contributed by atoms with van der Waals surface area (Å²) in [6.07, 6.45) is 4.55. The van der Waals surface area contributed by atoms with Gasteiger partial charge in [-0.05, 0) is 25.5 Å². The second kappa shape index (κ2) is 4.93. The van der Waals surface area contributed by atoms with Gasteiger partial charge < -0.3 is 10.6 Å². The Bertz CT molecular complexity index is 569. The van der Waals surface area contributed by atoms with Crippen molar-refractivity contribution in [2.45, 2.75) is 19.4 Å². The van der Waals surface area contributed by atoms with E-state index in [0.717, 1.165) is 42.4 Å². The summed E-state index contributed by atoms with van der Waals surface area (Å²) in [5.74, 6) is 1.68. The van der Waals surface area contributed by atoms with Gasteiger partial charge in [-0.1, -0.05) is 0 Å². The van der Waals surface area contributed by atoms with E-state index in [1.54, 1.807) is 12.4 Å². The van der Waals surface area contributed by atoms with Crippen molar-refractivity contribution in [2.24, 2.45) is 5.73 Å². The highest BCUT2D eigenvalue weighted by Crippen LogP contribution is 2.22. The molecule has 0 spiro atoms. The lowest BCUT2D eigenvalue weighted by atomic mass is 10.2. The summed E-state index contributed by atoms with van der Waals surface area (Å²) >= 11 is 0. The molecule has 0 amide bonds. The SMILES string of the molecule is Cc1cc(N2CCC(N)C2)nc(-c2cccnc2)n1. The van der Waals surface area contributed by atoms with Gasteiger partial charge in [-0.3, -0.25) is 4.98 Å². The maximum absolute atomic E-state index is 5.95. The largest absolute Gasteiger partial charge is 0.355 e. The molecule has 3 rings (SSSR count). The number of pyridine rings is 1. The van der Waals surface area contributed by atoms with E-state index in [9.17, 15) is 0 Å². The predicted molar refractivity (Wildman–Crippen MR) is 74.8 cm³/mol. The topological polar surface area (TPSA) is 67.9 Å². The van der Waals surface area contributed by atoms with E-state index >= 15 is 0 Å². The van der Waals surface area contributed by atoms with E-state index in [0.29, 0.717) is 0 Å². The predicted octanol–water partition coefficient (Wildman–Crippen LogP) is 1.38. The fraction of sp³-hybridized carbons (Fsp3) is 0.357. The van der Waals surface area contributed by atoms with E-state index in [4.69, 9.17) is 5.73 Å². The van der Waals surface area contributed by atoms with Crippen LogP contribution in [0.4, 0.5) is 5.82 Å². The molecule has 2 aromatic heterocycles. The molecule has 2 N–H and O–H groups in total. The lowest BCUT2D eigenvalue weighted by Gasteiger charge is -2.17. The van der Waals surface area contributed by atoms with E-state index in [1.807, 2.05) is 25.1 Å². The van der Waals surface area contributed by atoms with Crippen molar-refractivity contribution in [2.75, 3.05) is 18.0 Å². The fourth-order valence-electron chi connectivity index (χ4n) is 2.33. The van der Waals surface area contributed by atoms with Crippen molar-refractivity contribution in [3.05, 3.63) is 36.3 Å². The normalized spacial score (nSPS) is 18.8. The van der Waals surface area contributed by atoms with Gasteiger partial charge in [-0.15, -0.1) is 0 Å². The molecular weight excluding hydrogens is 238 g/mol. The molecule has 3 heterocycles. The van der Waals surface area contributed by atoms with Gasteiger partial charge in [-0.25, -0.2) is 9.97 Å². The molecule has 98 valence electrons. The summed E-state index contributed by atoms with van der Waals surface area (Å²) in [4.78, 5) is 15.5. The Morgan fingerprint density at radius 3 is 2.95 bits per heavy atom. The van der Waals surface area contributed by atoms with Crippen LogP contribution in [0.5, 0.6) is 0 Å². The van der Waals surface area contributed by atoms with E-state index in [2.05, 4.69) is 19.9 Å². The van der Waals surface area contributed by atoms with Crippen LogP contribution in [0.25, 0.3) is 11.4 Å². The second-order valence-corrected chi connectivity index (χ2v) is 4.93.